The molecule has 2 heterocycles. The fraction of sp³-hybridized carbons (Fsp3) is 0.350. The predicted octanol–water partition coefficient (Wildman–Crippen LogP) is 1.13. The van der Waals surface area contributed by atoms with Crippen molar-refractivity contribution < 1.29 is 19.7 Å². The quantitative estimate of drug-likeness (QED) is 0.679. The Hall–Kier alpha value is -2.77. The lowest BCUT2D eigenvalue weighted by molar-refractivity contribution is -0.122. The van der Waals surface area contributed by atoms with Crippen LogP contribution in [0.25, 0.3) is 0 Å². The van der Waals surface area contributed by atoms with Crippen LogP contribution in [0.4, 0.5) is 0 Å². The molecule has 2 atom stereocenters. The molecule has 1 aliphatic rings. The molecule has 27 heavy (non-hydrogen) atoms. The molecule has 7 heteroatoms. The summed E-state index contributed by atoms with van der Waals surface area (Å²) in [6.45, 7) is 2.22. The van der Waals surface area contributed by atoms with Crippen LogP contribution in [0, 0.1) is 0 Å². The van der Waals surface area contributed by atoms with E-state index >= 15 is 0 Å². The number of rotatable bonds is 7. The number of aliphatic hydroxyl groups is 2. The average molecular weight is 369 g/mol. The van der Waals surface area contributed by atoms with E-state index in [9.17, 15) is 9.90 Å². The zero-order valence-corrected chi connectivity index (χ0v) is 15.1. The minimum Gasteiger partial charge on any atom is -0.475 e. The minimum absolute atomic E-state index is 0.0775. The van der Waals surface area contributed by atoms with Crippen LogP contribution in [-0.4, -0.2) is 46.3 Å². The molecule has 7 nitrogen and oxygen atoms in total. The zero-order valence-electron chi connectivity index (χ0n) is 15.1. The number of hydrogen-bond acceptors (Lipinski definition) is 6. The normalized spacial score (nSPS) is 14.9. The molecule has 1 aromatic heterocycles. The summed E-state index contributed by atoms with van der Waals surface area (Å²) in [6, 6.07) is 10.7. The highest BCUT2D eigenvalue weighted by Crippen LogP contribution is 2.20. The van der Waals surface area contributed by atoms with Crippen LogP contribution in [0.15, 0.2) is 47.6 Å². The Morgan fingerprint density at radius 1 is 1.33 bits per heavy atom. The second-order valence-electron chi connectivity index (χ2n) is 6.40. The highest BCUT2D eigenvalue weighted by Gasteiger charge is 2.22. The third-order valence-electron chi connectivity index (χ3n) is 4.30. The van der Waals surface area contributed by atoms with Crippen LogP contribution >= 0.6 is 0 Å². The number of amides is 1. The van der Waals surface area contributed by atoms with Crippen molar-refractivity contribution in [1.29, 1.82) is 0 Å². The van der Waals surface area contributed by atoms with Gasteiger partial charge in [0.1, 0.15) is 6.61 Å². The fourth-order valence-electron chi connectivity index (χ4n) is 3.01. The summed E-state index contributed by atoms with van der Waals surface area (Å²) in [5.41, 5.74) is 3.21. The largest absolute Gasteiger partial charge is 0.475 e. The molecular weight excluding hydrogens is 346 g/mol. The topological polar surface area (TPSA) is 104 Å². The van der Waals surface area contributed by atoms with Gasteiger partial charge in [-0.3, -0.25) is 9.78 Å². The molecule has 1 amide bonds. The van der Waals surface area contributed by atoms with E-state index in [0.717, 1.165) is 16.7 Å². The lowest BCUT2D eigenvalue weighted by Crippen LogP contribution is -2.36. The number of nitrogens with one attached hydrogen (secondary N) is 1. The minimum atomic E-state index is -0.719. The predicted molar refractivity (Wildman–Crippen MR) is 100 cm³/mol. The Morgan fingerprint density at radius 3 is 2.81 bits per heavy atom. The van der Waals surface area contributed by atoms with E-state index in [2.05, 4.69) is 15.3 Å². The fourth-order valence-corrected chi connectivity index (χ4v) is 3.01. The van der Waals surface area contributed by atoms with Gasteiger partial charge in [0.2, 0.25) is 11.8 Å². The SMILES string of the molecule is C[C@@H](O)[C@@H](NC(=O)Cc1cc2c(cn1)C(OCCO)=NC2)c1ccccc1. The Kier molecular flexibility index (Phi) is 6.16. The van der Waals surface area contributed by atoms with Gasteiger partial charge in [-0.2, -0.15) is 0 Å². The molecule has 142 valence electrons. The van der Waals surface area contributed by atoms with E-state index < -0.39 is 12.1 Å². The number of nitrogens with zero attached hydrogens (tertiary/aromatic N) is 2. The Bertz CT molecular complexity index is 821. The van der Waals surface area contributed by atoms with Gasteiger partial charge in [-0.25, -0.2) is 4.99 Å². The number of aliphatic hydroxyl groups excluding tert-OH is 2. The number of aromatic nitrogens is 1. The average Bonchev–Trinajstić information content (AvgIpc) is 3.07. The Balaban J connectivity index is 1.65. The molecule has 0 aliphatic carbocycles. The summed E-state index contributed by atoms with van der Waals surface area (Å²) < 4.78 is 5.38. The number of benzene rings is 1. The second kappa shape index (κ2) is 8.75. The van der Waals surface area contributed by atoms with E-state index in [1.165, 1.54) is 0 Å². The van der Waals surface area contributed by atoms with E-state index in [1.54, 1.807) is 13.1 Å². The molecular formula is C20H23N3O4. The van der Waals surface area contributed by atoms with Gasteiger partial charge in [0.15, 0.2) is 0 Å². The van der Waals surface area contributed by atoms with Crippen molar-refractivity contribution in [3.05, 3.63) is 65.0 Å². The van der Waals surface area contributed by atoms with Crippen molar-refractivity contribution in [2.45, 2.75) is 32.0 Å². The van der Waals surface area contributed by atoms with Gasteiger partial charge in [0, 0.05) is 6.20 Å². The number of fused-ring (bicyclic) bond motifs is 1. The van der Waals surface area contributed by atoms with E-state index in [1.807, 2.05) is 36.4 Å². The summed E-state index contributed by atoms with van der Waals surface area (Å²) in [7, 11) is 0. The molecule has 0 fully saturated rings. The first-order valence-corrected chi connectivity index (χ1v) is 8.87. The van der Waals surface area contributed by atoms with Crippen LogP contribution in [0.1, 0.15) is 35.3 Å². The Labute approximate surface area is 157 Å². The van der Waals surface area contributed by atoms with Crippen LogP contribution in [0.2, 0.25) is 0 Å². The molecule has 0 unspecified atom stereocenters. The van der Waals surface area contributed by atoms with Crippen LogP contribution in [0.3, 0.4) is 0 Å². The van der Waals surface area contributed by atoms with Crippen LogP contribution < -0.4 is 5.32 Å². The number of hydrogen-bond donors (Lipinski definition) is 3. The standard InChI is InChI=1S/C20H23N3O4/c1-13(25)19(14-5-3-2-4-6-14)23-18(26)10-16-9-15-11-22-20(27-8-7-24)17(15)12-21-16/h2-6,9,12-13,19,24-25H,7-8,10-11H2,1H3,(H,23,26)/t13-,19-/m1/s1. The molecule has 0 radical (unpaired) electrons. The maximum atomic E-state index is 12.5. The van der Waals surface area contributed by atoms with E-state index in [-0.39, 0.29) is 25.5 Å². The first-order chi connectivity index (χ1) is 13.1. The third-order valence-corrected chi connectivity index (χ3v) is 4.30. The number of carbonyl (C=O) groups is 1. The first-order valence-electron chi connectivity index (χ1n) is 8.87. The maximum Gasteiger partial charge on any atom is 0.226 e. The molecule has 0 saturated heterocycles. The summed E-state index contributed by atoms with van der Waals surface area (Å²) >= 11 is 0. The molecule has 2 aromatic rings. The lowest BCUT2D eigenvalue weighted by Gasteiger charge is -2.22. The van der Waals surface area contributed by atoms with Crippen molar-refractivity contribution in [2.24, 2.45) is 4.99 Å². The Morgan fingerprint density at radius 2 is 2.11 bits per heavy atom. The van der Waals surface area contributed by atoms with Gasteiger partial charge < -0.3 is 20.3 Å². The molecule has 0 bridgehead atoms. The van der Waals surface area contributed by atoms with Crippen molar-refractivity contribution in [3.8, 4) is 0 Å². The summed E-state index contributed by atoms with van der Waals surface area (Å²) in [6.07, 6.45) is 1.03. The molecule has 1 aliphatic heterocycles. The maximum absolute atomic E-state index is 12.5. The first kappa shape index (κ1) is 19.0. The van der Waals surface area contributed by atoms with Crippen molar-refractivity contribution in [3.63, 3.8) is 0 Å². The molecule has 1 aromatic carbocycles. The van der Waals surface area contributed by atoms with Gasteiger partial charge in [-0.05, 0) is 24.1 Å². The van der Waals surface area contributed by atoms with Crippen LogP contribution in [-0.2, 0) is 22.5 Å². The number of aliphatic imine (C=N–C) groups is 1. The van der Waals surface area contributed by atoms with Gasteiger partial charge in [0.25, 0.3) is 0 Å². The van der Waals surface area contributed by atoms with E-state index in [0.29, 0.717) is 18.1 Å². The van der Waals surface area contributed by atoms with Gasteiger partial charge in [-0.15, -0.1) is 0 Å². The molecule has 3 rings (SSSR count). The van der Waals surface area contributed by atoms with Crippen molar-refractivity contribution in [1.82, 2.24) is 10.3 Å². The monoisotopic (exact) mass is 369 g/mol. The van der Waals surface area contributed by atoms with Crippen LogP contribution in [0.5, 0.6) is 0 Å². The third kappa shape index (κ3) is 4.69. The summed E-state index contributed by atoms with van der Waals surface area (Å²) in [4.78, 5) is 21.1. The molecule has 0 saturated carbocycles. The summed E-state index contributed by atoms with van der Waals surface area (Å²) in [5.74, 6) is 0.258. The number of ether oxygens (including phenoxy) is 1. The highest BCUT2D eigenvalue weighted by atomic mass is 16.5. The number of pyridine rings is 1. The highest BCUT2D eigenvalue weighted by molar-refractivity contribution is 5.97. The molecule has 0 spiro atoms. The lowest BCUT2D eigenvalue weighted by atomic mass is 10.0. The zero-order chi connectivity index (χ0) is 19.2. The van der Waals surface area contributed by atoms with E-state index in [4.69, 9.17) is 9.84 Å². The van der Waals surface area contributed by atoms with Crippen molar-refractivity contribution >= 4 is 11.8 Å². The molecule has 3 N–H and O–H groups in total. The van der Waals surface area contributed by atoms with Gasteiger partial charge in [-0.1, -0.05) is 30.3 Å². The smallest absolute Gasteiger partial charge is 0.226 e. The second-order valence-corrected chi connectivity index (χ2v) is 6.40. The summed E-state index contributed by atoms with van der Waals surface area (Å²) in [5, 5.41) is 21.8. The van der Waals surface area contributed by atoms with Crippen molar-refractivity contribution in [2.75, 3.05) is 13.2 Å². The number of carbonyl (C=O) groups excluding carboxylic acids is 1. The van der Waals surface area contributed by atoms with Gasteiger partial charge >= 0.3 is 0 Å². The van der Waals surface area contributed by atoms with Gasteiger partial charge in [0.05, 0.1) is 43.0 Å².